The number of aliphatic hydroxyl groups is 1. The van der Waals surface area contributed by atoms with Crippen molar-refractivity contribution in [2.75, 3.05) is 6.61 Å². The Morgan fingerprint density at radius 1 is 1.75 bits per heavy atom. The van der Waals surface area contributed by atoms with Crippen molar-refractivity contribution < 1.29 is 9.90 Å². The number of rotatable bonds is 3. The maximum atomic E-state index is 11.2. The lowest BCUT2D eigenvalue weighted by molar-refractivity contribution is -0.126. The number of hydrazone groups is 1. The fourth-order valence-corrected chi connectivity index (χ4v) is 1.15. The number of hydrogen-bond donors (Lipinski definition) is 3. The second-order valence-electron chi connectivity index (χ2n) is 3.10. The normalized spacial score (nSPS) is 28.5. The largest absolute Gasteiger partial charge is 0.396 e. The molecule has 1 atom stereocenters. The summed E-state index contributed by atoms with van der Waals surface area (Å²) in [4.78, 5) is 11.2. The molecule has 12 heavy (non-hydrogen) atoms. The zero-order valence-electron chi connectivity index (χ0n) is 7.00. The summed E-state index contributed by atoms with van der Waals surface area (Å²) in [5.74, 6) is 0.120. The quantitative estimate of drug-likeness (QED) is 0.517. The summed E-state index contributed by atoms with van der Waals surface area (Å²) in [5.41, 5.74) is 7.12. The number of amides is 1. The molecule has 1 rings (SSSR count). The molecule has 0 spiro atoms. The van der Waals surface area contributed by atoms with Crippen molar-refractivity contribution in [2.24, 2.45) is 16.3 Å². The van der Waals surface area contributed by atoms with E-state index in [1.807, 2.05) is 0 Å². The molecule has 1 amide bonds. The predicted molar refractivity (Wildman–Crippen MR) is 44.2 cm³/mol. The Morgan fingerprint density at radius 3 is 2.83 bits per heavy atom. The summed E-state index contributed by atoms with van der Waals surface area (Å²) < 4.78 is 0. The van der Waals surface area contributed by atoms with E-state index in [0.717, 1.165) is 0 Å². The molecule has 1 aliphatic rings. The van der Waals surface area contributed by atoms with Gasteiger partial charge in [-0.25, -0.2) is 5.43 Å². The molecule has 0 aliphatic carbocycles. The number of amidine groups is 1. The highest BCUT2D eigenvalue weighted by atomic mass is 16.3. The molecule has 0 aromatic carbocycles. The van der Waals surface area contributed by atoms with Gasteiger partial charge in [0.1, 0.15) is 11.3 Å². The molecule has 0 fully saturated rings. The average molecular weight is 171 g/mol. The highest BCUT2D eigenvalue weighted by molar-refractivity contribution is 6.10. The molecule has 5 heteroatoms. The van der Waals surface area contributed by atoms with Crippen molar-refractivity contribution in [1.82, 2.24) is 5.43 Å². The fourth-order valence-electron chi connectivity index (χ4n) is 1.15. The third kappa shape index (κ3) is 1.27. The number of nitrogens with two attached hydrogens (primary N) is 1. The molecule has 1 heterocycles. The van der Waals surface area contributed by atoms with Crippen LogP contribution in [0.2, 0.25) is 0 Å². The first kappa shape index (κ1) is 8.99. The summed E-state index contributed by atoms with van der Waals surface area (Å²) in [7, 11) is 0. The maximum absolute atomic E-state index is 11.2. The highest BCUT2D eigenvalue weighted by Crippen LogP contribution is 2.26. The molecule has 0 unspecified atom stereocenters. The van der Waals surface area contributed by atoms with Crippen molar-refractivity contribution in [3.8, 4) is 0 Å². The van der Waals surface area contributed by atoms with E-state index in [1.165, 1.54) is 0 Å². The number of carbonyl (C=O) groups is 1. The fraction of sp³-hybridized carbons (Fsp3) is 0.714. The third-order valence-electron chi connectivity index (χ3n) is 2.18. The van der Waals surface area contributed by atoms with Crippen LogP contribution in [0.25, 0.3) is 0 Å². The second-order valence-corrected chi connectivity index (χ2v) is 3.10. The number of nitrogens with zero attached hydrogens (tertiary/aromatic N) is 1. The van der Waals surface area contributed by atoms with E-state index in [-0.39, 0.29) is 12.5 Å². The van der Waals surface area contributed by atoms with E-state index in [4.69, 9.17) is 10.8 Å². The molecule has 5 nitrogen and oxygen atoms in total. The topological polar surface area (TPSA) is 87.7 Å². The number of carbonyl (C=O) groups excluding carboxylic acids is 1. The Bertz CT molecular complexity index is 227. The molecule has 0 aromatic rings. The number of hydrogen-bond acceptors (Lipinski definition) is 4. The zero-order valence-corrected chi connectivity index (χ0v) is 7.00. The highest BCUT2D eigenvalue weighted by Gasteiger charge is 2.41. The Balaban J connectivity index is 2.67. The van der Waals surface area contributed by atoms with Crippen LogP contribution in [0.5, 0.6) is 0 Å². The van der Waals surface area contributed by atoms with Gasteiger partial charge in [-0.15, -0.1) is 0 Å². The van der Waals surface area contributed by atoms with Crippen LogP contribution in [-0.4, -0.2) is 23.5 Å². The maximum Gasteiger partial charge on any atom is 0.253 e. The Kier molecular flexibility index (Phi) is 2.32. The molecular weight excluding hydrogens is 158 g/mol. The van der Waals surface area contributed by atoms with Crippen LogP contribution >= 0.6 is 0 Å². The van der Waals surface area contributed by atoms with Gasteiger partial charge in [0.25, 0.3) is 5.91 Å². The molecule has 0 radical (unpaired) electrons. The van der Waals surface area contributed by atoms with Gasteiger partial charge >= 0.3 is 0 Å². The molecule has 1 aliphatic heterocycles. The van der Waals surface area contributed by atoms with Gasteiger partial charge in [0.15, 0.2) is 0 Å². The van der Waals surface area contributed by atoms with Crippen molar-refractivity contribution in [2.45, 2.75) is 19.8 Å². The van der Waals surface area contributed by atoms with Crippen molar-refractivity contribution in [3.05, 3.63) is 0 Å². The van der Waals surface area contributed by atoms with E-state index >= 15 is 0 Å². The van der Waals surface area contributed by atoms with Crippen LogP contribution < -0.4 is 11.2 Å². The number of aliphatic hydroxyl groups excluding tert-OH is 1. The summed E-state index contributed by atoms with van der Waals surface area (Å²) in [5, 5.41) is 12.2. The van der Waals surface area contributed by atoms with E-state index in [9.17, 15) is 4.79 Å². The van der Waals surface area contributed by atoms with Gasteiger partial charge in [0, 0.05) is 6.61 Å². The molecule has 0 bridgehead atoms. The second kappa shape index (κ2) is 3.10. The summed E-state index contributed by atoms with van der Waals surface area (Å²) in [6.45, 7) is 1.79. The van der Waals surface area contributed by atoms with Gasteiger partial charge in [0.05, 0.1) is 0 Å². The van der Waals surface area contributed by atoms with E-state index < -0.39 is 5.41 Å². The van der Waals surface area contributed by atoms with E-state index in [2.05, 4.69) is 10.5 Å². The van der Waals surface area contributed by atoms with Crippen molar-refractivity contribution in [1.29, 1.82) is 0 Å². The van der Waals surface area contributed by atoms with Crippen LogP contribution in [0.3, 0.4) is 0 Å². The lowest BCUT2D eigenvalue weighted by Crippen LogP contribution is -2.39. The number of nitrogens with one attached hydrogen (secondary N) is 1. The van der Waals surface area contributed by atoms with Crippen LogP contribution in [0.1, 0.15) is 19.8 Å². The first-order valence-corrected chi connectivity index (χ1v) is 3.86. The molecule has 68 valence electrons. The molecule has 0 aromatic heterocycles. The smallest absolute Gasteiger partial charge is 0.253 e. The van der Waals surface area contributed by atoms with Crippen LogP contribution in [0.4, 0.5) is 0 Å². The first-order valence-electron chi connectivity index (χ1n) is 3.86. The molecular formula is C7H13N3O2. The van der Waals surface area contributed by atoms with Crippen LogP contribution in [-0.2, 0) is 4.79 Å². The minimum atomic E-state index is -0.720. The lowest BCUT2D eigenvalue weighted by Gasteiger charge is -2.19. The molecule has 4 N–H and O–H groups in total. The summed E-state index contributed by atoms with van der Waals surface area (Å²) in [6, 6.07) is 0. The Hall–Kier alpha value is -1.10. The summed E-state index contributed by atoms with van der Waals surface area (Å²) in [6.07, 6.45) is 1.09. The lowest BCUT2D eigenvalue weighted by atomic mass is 9.84. The minimum Gasteiger partial charge on any atom is -0.396 e. The standard InChI is InChI=1S/C7H13N3O2/c1-7(3-2-4-11)5(8)9-10-6(7)12/h11H,2-4H2,1H3,(H2,8,9)(H,10,12)/t7-/m0/s1. The average Bonchev–Trinajstić information content (AvgIpc) is 2.30. The van der Waals surface area contributed by atoms with Crippen LogP contribution in [0, 0.1) is 5.41 Å². The van der Waals surface area contributed by atoms with Gasteiger partial charge in [0.2, 0.25) is 0 Å². The third-order valence-corrected chi connectivity index (χ3v) is 2.18. The van der Waals surface area contributed by atoms with Gasteiger partial charge in [-0.2, -0.15) is 5.10 Å². The van der Waals surface area contributed by atoms with Crippen molar-refractivity contribution >= 4 is 11.7 Å². The predicted octanol–water partition coefficient (Wildman–Crippen LogP) is -0.833. The minimum absolute atomic E-state index is 0.0656. The van der Waals surface area contributed by atoms with Gasteiger partial charge in [-0.1, -0.05) is 0 Å². The first-order chi connectivity index (χ1) is 5.61. The van der Waals surface area contributed by atoms with E-state index in [1.54, 1.807) is 6.92 Å². The van der Waals surface area contributed by atoms with Gasteiger partial charge < -0.3 is 10.8 Å². The van der Waals surface area contributed by atoms with Gasteiger partial charge in [-0.3, -0.25) is 4.79 Å². The Morgan fingerprint density at radius 2 is 2.42 bits per heavy atom. The molecule has 0 saturated heterocycles. The van der Waals surface area contributed by atoms with Gasteiger partial charge in [-0.05, 0) is 19.8 Å². The Labute approximate surface area is 70.6 Å². The SMILES string of the molecule is C[C@@]1(CCCO)C(=O)NN=C1N. The van der Waals surface area contributed by atoms with Crippen molar-refractivity contribution in [3.63, 3.8) is 0 Å². The van der Waals surface area contributed by atoms with Crippen LogP contribution in [0.15, 0.2) is 5.10 Å². The molecule has 0 saturated carbocycles. The zero-order chi connectivity index (χ0) is 9.19. The monoisotopic (exact) mass is 171 g/mol. The van der Waals surface area contributed by atoms with E-state index in [0.29, 0.717) is 18.7 Å². The summed E-state index contributed by atoms with van der Waals surface area (Å²) >= 11 is 0.